The topological polar surface area (TPSA) is 149 Å². The SMILES string of the molecule is N=C(N)N1CCC(CNC(=O)[C@@H]2CCCN2C(=O)[C@@H](Cc2ccccc2)NS(=O)(=O)c2c(F)c(F)c(F)c(F)c2F)CC1. The molecule has 234 valence electrons. The number of piperidine rings is 1. The number of hydrogen-bond donors (Lipinski definition) is 4. The summed E-state index contributed by atoms with van der Waals surface area (Å²) in [5.41, 5.74) is 5.94. The van der Waals surface area contributed by atoms with Crippen LogP contribution in [0.15, 0.2) is 35.2 Å². The Morgan fingerprint density at radius 3 is 2.09 bits per heavy atom. The number of nitrogens with one attached hydrogen (secondary N) is 3. The van der Waals surface area contributed by atoms with E-state index in [0.717, 1.165) is 4.90 Å². The van der Waals surface area contributed by atoms with Crippen molar-refractivity contribution in [2.45, 2.75) is 49.1 Å². The number of carbonyl (C=O) groups is 2. The minimum atomic E-state index is -5.47. The van der Waals surface area contributed by atoms with Crippen molar-refractivity contribution in [2.24, 2.45) is 11.7 Å². The second kappa shape index (κ2) is 13.2. The molecule has 2 aliphatic rings. The molecule has 0 spiro atoms. The Hall–Kier alpha value is -3.79. The first-order chi connectivity index (χ1) is 20.3. The van der Waals surface area contributed by atoms with Gasteiger partial charge in [-0.25, -0.2) is 30.4 Å². The van der Waals surface area contributed by atoms with E-state index in [-0.39, 0.29) is 31.3 Å². The predicted molar refractivity (Wildman–Crippen MR) is 144 cm³/mol. The first kappa shape index (κ1) is 32.1. The Morgan fingerprint density at radius 1 is 0.930 bits per heavy atom. The highest BCUT2D eigenvalue weighted by atomic mass is 32.2. The minimum absolute atomic E-state index is 0.0246. The summed E-state index contributed by atoms with van der Waals surface area (Å²) < 4.78 is 98.0. The van der Waals surface area contributed by atoms with E-state index in [9.17, 15) is 40.0 Å². The molecule has 43 heavy (non-hydrogen) atoms. The van der Waals surface area contributed by atoms with E-state index in [1.54, 1.807) is 35.2 Å². The van der Waals surface area contributed by atoms with Gasteiger partial charge < -0.3 is 20.9 Å². The number of sulfonamides is 1. The first-order valence-electron chi connectivity index (χ1n) is 13.6. The van der Waals surface area contributed by atoms with Crippen LogP contribution in [0.5, 0.6) is 0 Å². The average molecular weight is 631 g/mol. The van der Waals surface area contributed by atoms with Crippen LogP contribution in [-0.4, -0.2) is 74.3 Å². The summed E-state index contributed by atoms with van der Waals surface area (Å²) >= 11 is 0. The van der Waals surface area contributed by atoms with Crippen LogP contribution in [0.3, 0.4) is 0 Å². The van der Waals surface area contributed by atoms with Gasteiger partial charge in [0.2, 0.25) is 27.7 Å². The van der Waals surface area contributed by atoms with Gasteiger partial charge in [-0.3, -0.25) is 15.0 Å². The molecule has 0 unspecified atom stereocenters. The summed E-state index contributed by atoms with van der Waals surface area (Å²) in [5, 5.41) is 10.4. The van der Waals surface area contributed by atoms with E-state index in [1.165, 1.54) is 0 Å². The second-order valence-corrected chi connectivity index (χ2v) is 12.2. The lowest BCUT2D eigenvalue weighted by molar-refractivity contribution is -0.139. The number of hydrogen-bond acceptors (Lipinski definition) is 5. The average Bonchev–Trinajstić information content (AvgIpc) is 3.48. The van der Waals surface area contributed by atoms with Gasteiger partial charge >= 0.3 is 0 Å². The zero-order valence-electron chi connectivity index (χ0n) is 22.9. The predicted octanol–water partition coefficient (Wildman–Crippen LogP) is 1.98. The molecule has 0 saturated carbocycles. The Labute approximate surface area is 245 Å². The van der Waals surface area contributed by atoms with Crippen molar-refractivity contribution >= 4 is 27.8 Å². The maximum Gasteiger partial charge on any atom is 0.247 e. The quantitative estimate of drug-likeness (QED) is 0.110. The van der Waals surface area contributed by atoms with Crippen molar-refractivity contribution in [3.63, 3.8) is 0 Å². The molecule has 4 rings (SSSR count). The lowest BCUT2D eigenvalue weighted by Crippen LogP contribution is -2.54. The van der Waals surface area contributed by atoms with Crippen molar-refractivity contribution in [3.05, 3.63) is 65.0 Å². The maximum atomic E-state index is 14.4. The van der Waals surface area contributed by atoms with Gasteiger partial charge in [0.25, 0.3) is 0 Å². The third kappa shape index (κ3) is 7.06. The number of likely N-dealkylation sites (tertiary alicyclic amines) is 2. The highest BCUT2D eigenvalue weighted by Gasteiger charge is 2.41. The number of nitrogens with zero attached hydrogens (tertiary/aromatic N) is 2. The van der Waals surface area contributed by atoms with Gasteiger partial charge in [-0.05, 0) is 43.6 Å². The number of benzene rings is 2. The molecule has 2 saturated heterocycles. The number of carbonyl (C=O) groups excluding carboxylic acids is 2. The van der Waals surface area contributed by atoms with Crippen LogP contribution in [0, 0.1) is 40.4 Å². The van der Waals surface area contributed by atoms with Crippen molar-refractivity contribution < 1.29 is 40.0 Å². The number of nitrogens with two attached hydrogens (primary N) is 1. The molecule has 2 aromatic carbocycles. The molecule has 2 aromatic rings. The molecular formula is C27H31F5N6O4S. The molecule has 2 atom stereocenters. The molecular weight excluding hydrogens is 599 g/mol. The van der Waals surface area contributed by atoms with E-state index < -0.39 is 67.9 Å². The smallest absolute Gasteiger partial charge is 0.247 e. The van der Waals surface area contributed by atoms with E-state index in [1.807, 2.05) is 4.72 Å². The van der Waals surface area contributed by atoms with Crippen molar-refractivity contribution in [1.82, 2.24) is 19.8 Å². The van der Waals surface area contributed by atoms with Gasteiger partial charge in [-0.15, -0.1) is 0 Å². The molecule has 10 nitrogen and oxygen atoms in total. The van der Waals surface area contributed by atoms with Crippen molar-refractivity contribution in [3.8, 4) is 0 Å². The largest absolute Gasteiger partial charge is 0.370 e. The minimum Gasteiger partial charge on any atom is -0.370 e. The number of amides is 2. The number of rotatable bonds is 9. The van der Waals surface area contributed by atoms with Gasteiger partial charge in [-0.1, -0.05) is 30.3 Å². The monoisotopic (exact) mass is 630 g/mol. The van der Waals surface area contributed by atoms with Gasteiger partial charge in [0, 0.05) is 26.2 Å². The normalized spacial score (nSPS) is 18.5. The van der Waals surface area contributed by atoms with Crippen LogP contribution in [0.1, 0.15) is 31.2 Å². The summed E-state index contributed by atoms with van der Waals surface area (Å²) in [7, 11) is -5.47. The molecule has 0 bridgehead atoms. The lowest BCUT2D eigenvalue weighted by atomic mass is 9.97. The highest BCUT2D eigenvalue weighted by Crippen LogP contribution is 2.28. The molecule has 5 N–H and O–H groups in total. The van der Waals surface area contributed by atoms with Crippen LogP contribution in [0.25, 0.3) is 0 Å². The van der Waals surface area contributed by atoms with Gasteiger partial charge in [0.05, 0.1) is 0 Å². The maximum absolute atomic E-state index is 14.4. The Kier molecular flexibility index (Phi) is 9.89. The molecule has 2 aliphatic heterocycles. The van der Waals surface area contributed by atoms with Gasteiger partial charge in [-0.2, -0.15) is 4.72 Å². The highest BCUT2D eigenvalue weighted by molar-refractivity contribution is 7.89. The molecule has 16 heteroatoms. The Bertz CT molecular complexity index is 1460. The fourth-order valence-electron chi connectivity index (χ4n) is 5.34. The molecule has 2 amide bonds. The van der Waals surface area contributed by atoms with Crippen molar-refractivity contribution in [1.29, 1.82) is 5.41 Å². The van der Waals surface area contributed by atoms with Crippen LogP contribution in [0.2, 0.25) is 0 Å². The summed E-state index contributed by atoms with van der Waals surface area (Å²) in [6.45, 7) is 1.51. The number of halogens is 5. The lowest BCUT2D eigenvalue weighted by Gasteiger charge is -2.33. The molecule has 2 heterocycles. The first-order valence-corrected chi connectivity index (χ1v) is 15.0. The van der Waals surface area contributed by atoms with E-state index in [0.29, 0.717) is 44.5 Å². The standard InChI is InChI=1S/C27H31F5N6O4S/c28-19-20(29)22(31)24(23(32)21(19)30)43(41,42)36-17(13-15-5-2-1-3-6-15)26(40)38-10-4-7-18(38)25(39)35-14-16-8-11-37(12-9-16)27(33)34/h1-3,5-6,16-18,36H,4,7-14H2,(H3,33,34)(H,35,39)/t17-,18+/m1/s1. The fraction of sp³-hybridized carbons (Fsp3) is 0.444. The summed E-state index contributed by atoms with van der Waals surface area (Å²) in [5.74, 6) is -13.8. The second-order valence-electron chi connectivity index (χ2n) is 10.5. The number of guanidine groups is 1. The van der Waals surface area contributed by atoms with E-state index >= 15 is 0 Å². The van der Waals surface area contributed by atoms with Crippen molar-refractivity contribution in [2.75, 3.05) is 26.2 Å². The fourth-order valence-corrected chi connectivity index (χ4v) is 6.67. The van der Waals surface area contributed by atoms with Crippen LogP contribution in [0.4, 0.5) is 22.0 Å². The van der Waals surface area contributed by atoms with Gasteiger partial charge in [0.1, 0.15) is 12.1 Å². The third-order valence-electron chi connectivity index (χ3n) is 7.68. The molecule has 2 fully saturated rings. The molecule has 0 aliphatic carbocycles. The third-order valence-corrected chi connectivity index (χ3v) is 9.17. The van der Waals surface area contributed by atoms with Crippen LogP contribution in [-0.2, 0) is 26.0 Å². The molecule has 0 radical (unpaired) electrons. The zero-order chi connectivity index (χ0) is 31.5. The summed E-state index contributed by atoms with van der Waals surface area (Å²) in [6.07, 6.45) is 1.71. The van der Waals surface area contributed by atoms with Gasteiger partial charge in [0.15, 0.2) is 34.1 Å². The van der Waals surface area contributed by atoms with Crippen LogP contribution >= 0.6 is 0 Å². The van der Waals surface area contributed by atoms with E-state index in [4.69, 9.17) is 11.1 Å². The van der Waals surface area contributed by atoms with E-state index in [2.05, 4.69) is 5.32 Å². The zero-order valence-corrected chi connectivity index (χ0v) is 23.7. The molecule has 0 aromatic heterocycles. The van der Waals surface area contributed by atoms with Crippen LogP contribution < -0.4 is 15.8 Å². The Morgan fingerprint density at radius 2 is 1.51 bits per heavy atom. The Balaban J connectivity index is 1.54. The summed E-state index contributed by atoms with van der Waals surface area (Å²) in [4.78, 5) is 27.6. The summed E-state index contributed by atoms with van der Waals surface area (Å²) in [6, 6.07) is 5.25.